The van der Waals surface area contributed by atoms with Gasteiger partial charge in [-0.15, -0.1) is 0 Å². The highest BCUT2D eigenvalue weighted by molar-refractivity contribution is 5.99. The van der Waals surface area contributed by atoms with Crippen LogP contribution >= 0.6 is 0 Å². The highest BCUT2D eigenvalue weighted by Crippen LogP contribution is 2.34. The van der Waals surface area contributed by atoms with Gasteiger partial charge in [0.2, 0.25) is 0 Å². The number of aromatic nitrogens is 6. The number of nitrogens with zero attached hydrogens (tertiary/aromatic N) is 5. The Balaban J connectivity index is 1.23. The molecule has 1 fully saturated rings. The predicted octanol–water partition coefficient (Wildman–Crippen LogP) is 5.84. The van der Waals surface area contributed by atoms with Gasteiger partial charge in [-0.05, 0) is 74.5 Å². The summed E-state index contributed by atoms with van der Waals surface area (Å²) < 4.78 is 20.6. The van der Waals surface area contributed by atoms with Crippen LogP contribution in [0.5, 0.6) is 5.75 Å². The molecule has 6 aromatic rings. The van der Waals surface area contributed by atoms with Gasteiger partial charge >= 0.3 is 0 Å². The topological polar surface area (TPSA) is 95.6 Å². The van der Waals surface area contributed by atoms with Gasteiger partial charge in [0.15, 0.2) is 0 Å². The zero-order valence-corrected chi connectivity index (χ0v) is 21.2. The van der Waals surface area contributed by atoms with E-state index in [9.17, 15) is 4.39 Å². The van der Waals surface area contributed by atoms with Crippen LogP contribution < -0.4 is 4.74 Å². The molecule has 0 unspecified atom stereocenters. The Kier molecular flexibility index (Phi) is 5.97. The molecule has 8 nitrogen and oxygen atoms in total. The molecule has 0 amide bonds. The second kappa shape index (κ2) is 9.92. The highest BCUT2D eigenvalue weighted by Gasteiger charge is 2.17. The van der Waals surface area contributed by atoms with Crippen LogP contribution in [-0.4, -0.2) is 61.3 Å². The normalized spacial score (nSPS) is 14.0. The molecule has 2 N–H and O–H groups in total. The summed E-state index contributed by atoms with van der Waals surface area (Å²) >= 11 is 0. The molecule has 0 saturated carbocycles. The number of hydrogen-bond donors (Lipinski definition) is 2. The van der Waals surface area contributed by atoms with E-state index in [1.807, 2.05) is 48.5 Å². The smallest absolute Gasteiger partial charge is 0.135 e. The summed E-state index contributed by atoms with van der Waals surface area (Å²) in [6.07, 6.45) is 5.93. The third kappa shape index (κ3) is 4.61. The van der Waals surface area contributed by atoms with Crippen molar-refractivity contribution in [3.05, 3.63) is 78.9 Å². The maximum absolute atomic E-state index is 14.7. The van der Waals surface area contributed by atoms with E-state index in [0.29, 0.717) is 29.3 Å². The fourth-order valence-electron chi connectivity index (χ4n) is 5.24. The van der Waals surface area contributed by atoms with E-state index in [4.69, 9.17) is 9.72 Å². The van der Waals surface area contributed by atoms with Crippen molar-refractivity contribution < 1.29 is 9.13 Å². The van der Waals surface area contributed by atoms with E-state index in [-0.39, 0.29) is 5.82 Å². The number of hydrogen-bond acceptors (Lipinski definition) is 6. The molecule has 1 aliphatic heterocycles. The molecule has 194 valence electrons. The quantitative estimate of drug-likeness (QED) is 0.275. The van der Waals surface area contributed by atoms with Crippen molar-refractivity contribution in [2.75, 3.05) is 26.2 Å². The lowest BCUT2D eigenvalue weighted by molar-refractivity contribution is 0.237. The molecule has 0 radical (unpaired) electrons. The Morgan fingerprint density at radius 1 is 0.872 bits per heavy atom. The van der Waals surface area contributed by atoms with Gasteiger partial charge in [0, 0.05) is 41.5 Å². The Morgan fingerprint density at radius 3 is 2.67 bits per heavy atom. The maximum atomic E-state index is 14.7. The summed E-state index contributed by atoms with van der Waals surface area (Å²) in [5, 5.41) is 8.48. The summed E-state index contributed by atoms with van der Waals surface area (Å²) in [6.45, 7) is 3.57. The highest BCUT2D eigenvalue weighted by atomic mass is 19.1. The van der Waals surface area contributed by atoms with Crippen molar-refractivity contribution >= 4 is 21.9 Å². The van der Waals surface area contributed by atoms with Gasteiger partial charge in [-0.3, -0.25) is 20.0 Å². The van der Waals surface area contributed by atoms with Gasteiger partial charge in [-0.25, -0.2) is 9.37 Å². The number of H-pyrrole nitrogens is 2. The molecule has 0 atom stereocenters. The van der Waals surface area contributed by atoms with Crippen molar-refractivity contribution in [2.24, 2.45) is 0 Å². The Morgan fingerprint density at radius 2 is 1.79 bits per heavy atom. The molecule has 1 aromatic carbocycles. The molecule has 1 saturated heterocycles. The number of likely N-dealkylation sites (tertiary alicyclic amines) is 1. The Bertz CT molecular complexity index is 1770. The monoisotopic (exact) mass is 519 g/mol. The minimum Gasteiger partial charge on any atom is -0.492 e. The van der Waals surface area contributed by atoms with Gasteiger partial charge in [0.1, 0.15) is 29.4 Å². The van der Waals surface area contributed by atoms with E-state index in [0.717, 1.165) is 58.7 Å². The van der Waals surface area contributed by atoms with E-state index in [1.165, 1.54) is 25.0 Å². The molecule has 5 aromatic heterocycles. The summed E-state index contributed by atoms with van der Waals surface area (Å²) in [7, 11) is 0. The molecular weight excluding hydrogens is 493 g/mol. The zero-order chi connectivity index (χ0) is 26.2. The fraction of sp³-hybridized carbons (Fsp3) is 0.200. The first-order chi connectivity index (χ1) is 19.2. The van der Waals surface area contributed by atoms with Crippen molar-refractivity contribution in [1.82, 2.24) is 35.0 Å². The molecule has 39 heavy (non-hydrogen) atoms. The van der Waals surface area contributed by atoms with Gasteiger partial charge < -0.3 is 9.72 Å². The lowest BCUT2D eigenvalue weighted by Crippen LogP contribution is -2.25. The van der Waals surface area contributed by atoms with Gasteiger partial charge in [-0.1, -0.05) is 6.07 Å². The van der Waals surface area contributed by atoms with E-state index in [2.05, 4.69) is 30.0 Å². The molecule has 7 rings (SSSR count). The lowest BCUT2D eigenvalue weighted by atomic mass is 10.1. The van der Waals surface area contributed by atoms with Crippen molar-refractivity contribution in [1.29, 1.82) is 0 Å². The number of halogens is 1. The van der Waals surface area contributed by atoms with Crippen molar-refractivity contribution in [3.8, 4) is 39.8 Å². The molecule has 1 aliphatic rings. The number of benzene rings is 1. The van der Waals surface area contributed by atoms with Crippen LogP contribution in [0.4, 0.5) is 4.39 Å². The summed E-state index contributed by atoms with van der Waals surface area (Å²) in [5.41, 5.74) is 6.78. The summed E-state index contributed by atoms with van der Waals surface area (Å²) in [6, 6.07) is 18.3. The summed E-state index contributed by atoms with van der Waals surface area (Å²) in [4.78, 5) is 19.7. The molecule has 0 spiro atoms. The lowest BCUT2D eigenvalue weighted by Gasteiger charge is -2.15. The average Bonchev–Trinajstić information content (AvgIpc) is 3.72. The number of pyridine rings is 3. The van der Waals surface area contributed by atoms with Crippen LogP contribution in [0.2, 0.25) is 0 Å². The number of rotatable bonds is 7. The van der Waals surface area contributed by atoms with Crippen LogP contribution in [0.25, 0.3) is 56.0 Å². The van der Waals surface area contributed by atoms with Crippen LogP contribution in [0.15, 0.2) is 73.1 Å². The first kappa shape index (κ1) is 23.5. The van der Waals surface area contributed by atoms with Crippen LogP contribution in [0.1, 0.15) is 12.8 Å². The van der Waals surface area contributed by atoms with Crippen molar-refractivity contribution in [3.63, 3.8) is 0 Å². The van der Waals surface area contributed by atoms with Crippen LogP contribution in [-0.2, 0) is 0 Å². The maximum Gasteiger partial charge on any atom is 0.135 e. The minimum atomic E-state index is -0.359. The molecular formula is C30H26FN7O. The molecule has 0 bridgehead atoms. The first-order valence-electron chi connectivity index (χ1n) is 13.1. The fourth-order valence-corrected chi connectivity index (χ4v) is 5.24. The number of nitrogens with one attached hydrogen (secondary N) is 2. The SMILES string of the molecule is Fc1cc(OCCN2CCCC2)cc(-c2nccc3[nH]c(-c4n[nH]c5ccc(-c6ccccn6)nc45)cc23)c1. The van der Waals surface area contributed by atoms with Gasteiger partial charge in [0.25, 0.3) is 0 Å². The number of aromatic amines is 2. The van der Waals surface area contributed by atoms with E-state index < -0.39 is 0 Å². The predicted molar refractivity (Wildman–Crippen MR) is 149 cm³/mol. The number of ether oxygens (including phenoxy) is 1. The second-order valence-corrected chi connectivity index (χ2v) is 9.76. The van der Waals surface area contributed by atoms with E-state index >= 15 is 0 Å². The summed E-state index contributed by atoms with van der Waals surface area (Å²) in [5.74, 6) is 0.145. The first-order valence-corrected chi connectivity index (χ1v) is 13.1. The standard InChI is InChI=1S/C30H26FN7O/c31-20-15-19(16-21(17-20)39-14-13-38-11-3-4-12-38)28-22-18-27(34-23(22)8-10-33-28)30-29-26(36-37-30)7-6-25(35-29)24-5-1-2-9-32-24/h1-2,5-10,15-18,34H,3-4,11-14H2,(H,36,37). The molecule has 9 heteroatoms. The number of fused-ring (bicyclic) bond motifs is 2. The second-order valence-electron chi connectivity index (χ2n) is 9.76. The average molecular weight is 520 g/mol. The van der Waals surface area contributed by atoms with E-state index in [1.54, 1.807) is 12.4 Å². The van der Waals surface area contributed by atoms with Gasteiger partial charge in [-0.2, -0.15) is 5.10 Å². The Hall–Kier alpha value is -4.63. The van der Waals surface area contributed by atoms with Crippen LogP contribution in [0.3, 0.4) is 0 Å². The Labute approximate surface area is 223 Å². The molecule has 0 aliphatic carbocycles. The minimum absolute atomic E-state index is 0.359. The van der Waals surface area contributed by atoms with Crippen LogP contribution in [0, 0.1) is 5.82 Å². The third-order valence-corrected chi connectivity index (χ3v) is 7.16. The third-order valence-electron chi connectivity index (χ3n) is 7.16. The largest absolute Gasteiger partial charge is 0.492 e. The molecule has 6 heterocycles. The van der Waals surface area contributed by atoms with Crippen molar-refractivity contribution in [2.45, 2.75) is 12.8 Å². The van der Waals surface area contributed by atoms with Gasteiger partial charge in [0.05, 0.1) is 28.3 Å². The zero-order valence-electron chi connectivity index (χ0n) is 21.2.